The molecule has 1 aromatic heterocycles. The average Bonchev–Trinajstić information content (AvgIpc) is 3.25. The second-order valence-corrected chi connectivity index (χ2v) is 7.67. The van der Waals surface area contributed by atoms with Gasteiger partial charge in [-0.3, -0.25) is 4.99 Å². The molecule has 0 radical (unpaired) electrons. The zero-order valence-electron chi connectivity index (χ0n) is 18.2. The third kappa shape index (κ3) is 7.46. The molecule has 0 saturated carbocycles. The molecule has 1 fully saturated rings. The van der Waals surface area contributed by atoms with Gasteiger partial charge in [-0.05, 0) is 44.2 Å². The van der Waals surface area contributed by atoms with E-state index in [0.717, 1.165) is 82.4 Å². The normalized spacial score (nSPS) is 15.3. The lowest BCUT2D eigenvalue weighted by molar-refractivity contribution is 0.0203. The van der Waals surface area contributed by atoms with Gasteiger partial charge in [0.1, 0.15) is 6.26 Å². The van der Waals surface area contributed by atoms with Crippen LogP contribution < -0.4 is 10.6 Å². The summed E-state index contributed by atoms with van der Waals surface area (Å²) in [5.41, 5.74) is 3.14. The van der Waals surface area contributed by atoms with E-state index in [1.165, 1.54) is 5.56 Å². The predicted octanol–water partition coefficient (Wildman–Crippen LogP) is 3.19. The van der Waals surface area contributed by atoms with Crippen LogP contribution >= 0.6 is 0 Å². The van der Waals surface area contributed by atoms with Crippen LogP contribution in [0.5, 0.6) is 0 Å². The molecule has 2 aromatic rings. The van der Waals surface area contributed by atoms with E-state index in [4.69, 9.17) is 13.9 Å². The van der Waals surface area contributed by atoms with Gasteiger partial charge in [0.15, 0.2) is 5.96 Å². The number of ether oxygens (including phenoxy) is 2. The maximum atomic E-state index is 5.80. The lowest BCUT2D eigenvalue weighted by Gasteiger charge is -2.21. The number of nitrogens with one attached hydrogen (secondary N) is 2. The Labute approximate surface area is 179 Å². The van der Waals surface area contributed by atoms with Gasteiger partial charge in [0.25, 0.3) is 0 Å². The molecule has 0 aliphatic carbocycles. The van der Waals surface area contributed by atoms with Crippen LogP contribution in [0.1, 0.15) is 30.5 Å². The molecule has 0 spiro atoms. The average molecular weight is 415 g/mol. The first kappa shape index (κ1) is 22.3. The van der Waals surface area contributed by atoms with Gasteiger partial charge in [-0.1, -0.05) is 17.7 Å². The highest BCUT2D eigenvalue weighted by molar-refractivity contribution is 5.79. The van der Waals surface area contributed by atoms with Gasteiger partial charge < -0.3 is 24.5 Å². The van der Waals surface area contributed by atoms with E-state index in [0.29, 0.717) is 11.8 Å². The largest absolute Gasteiger partial charge is 0.444 e. The molecule has 0 unspecified atom stereocenters. The molecule has 0 atom stereocenters. The third-order valence-corrected chi connectivity index (χ3v) is 5.20. The van der Waals surface area contributed by atoms with Crippen LogP contribution in [0.3, 0.4) is 0 Å². The van der Waals surface area contributed by atoms with Crippen LogP contribution in [-0.2, 0) is 15.9 Å². The Morgan fingerprint density at radius 1 is 1.17 bits per heavy atom. The molecule has 7 heteroatoms. The zero-order valence-corrected chi connectivity index (χ0v) is 18.2. The van der Waals surface area contributed by atoms with Gasteiger partial charge in [0.05, 0.1) is 5.69 Å². The summed E-state index contributed by atoms with van der Waals surface area (Å²) in [4.78, 5) is 8.84. The molecule has 1 saturated heterocycles. The van der Waals surface area contributed by atoms with E-state index in [2.05, 4.69) is 39.7 Å². The Morgan fingerprint density at radius 3 is 2.70 bits per heavy atom. The maximum absolute atomic E-state index is 5.80. The van der Waals surface area contributed by atoms with Crippen molar-refractivity contribution in [2.45, 2.75) is 32.6 Å². The number of hydrogen-bond acceptors (Lipinski definition) is 5. The molecule has 7 nitrogen and oxygen atoms in total. The van der Waals surface area contributed by atoms with Gasteiger partial charge in [-0.2, -0.15) is 0 Å². The molecule has 2 N–H and O–H groups in total. The fourth-order valence-electron chi connectivity index (χ4n) is 3.32. The summed E-state index contributed by atoms with van der Waals surface area (Å²) in [5, 5.41) is 6.65. The smallest absolute Gasteiger partial charge is 0.226 e. The van der Waals surface area contributed by atoms with Crippen molar-refractivity contribution < 1.29 is 13.9 Å². The fourth-order valence-corrected chi connectivity index (χ4v) is 3.32. The van der Waals surface area contributed by atoms with E-state index in [-0.39, 0.29) is 0 Å². The highest BCUT2D eigenvalue weighted by Gasteiger charge is 2.13. The molecule has 30 heavy (non-hydrogen) atoms. The minimum absolute atomic E-state index is 0.657. The first-order valence-corrected chi connectivity index (χ1v) is 10.9. The number of rotatable bonds is 10. The molecular formula is C23H34N4O3. The third-order valence-electron chi connectivity index (χ3n) is 5.20. The lowest BCUT2D eigenvalue weighted by Crippen LogP contribution is -2.39. The highest BCUT2D eigenvalue weighted by atomic mass is 16.5. The van der Waals surface area contributed by atoms with Crippen molar-refractivity contribution in [1.29, 1.82) is 0 Å². The molecule has 2 heterocycles. The van der Waals surface area contributed by atoms with E-state index < -0.39 is 0 Å². The second kappa shape index (κ2) is 12.3. The summed E-state index contributed by atoms with van der Waals surface area (Å²) in [5.74, 6) is 2.11. The summed E-state index contributed by atoms with van der Waals surface area (Å²) in [6.07, 6.45) is 5.68. The first-order valence-electron chi connectivity index (χ1n) is 10.9. The van der Waals surface area contributed by atoms with Crippen LogP contribution in [-0.4, -0.2) is 57.5 Å². The fraction of sp³-hybridized carbons (Fsp3) is 0.565. The number of guanidine groups is 1. The standard InChI is InChI=1S/C23H34N4O3/c1-18-4-6-20(7-5-18)22-27-21(17-30-22)8-12-26-23(24-2)25-11-3-13-29-16-19-9-14-28-15-10-19/h4-7,17,19H,3,8-16H2,1-2H3,(H2,24,25,26). The predicted molar refractivity (Wildman–Crippen MR) is 119 cm³/mol. The molecule has 0 amide bonds. The van der Waals surface area contributed by atoms with Crippen molar-refractivity contribution in [3.05, 3.63) is 41.8 Å². The van der Waals surface area contributed by atoms with Gasteiger partial charge in [-0.25, -0.2) is 4.98 Å². The van der Waals surface area contributed by atoms with Crippen molar-refractivity contribution in [3.8, 4) is 11.5 Å². The number of oxazole rings is 1. The van der Waals surface area contributed by atoms with Crippen LogP contribution in [0.2, 0.25) is 0 Å². The van der Waals surface area contributed by atoms with Crippen molar-refractivity contribution in [2.24, 2.45) is 10.9 Å². The van der Waals surface area contributed by atoms with Crippen LogP contribution in [0.4, 0.5) is 0 Å². The summed E-state index contributed by atoms with van der Waals surface area (Å²) in [7, 11) is 1.78. The Bertz CT molecular complexity index is 767. The minimum atomic E-state index is 0.657. The number of aliphatic imine (C=N–C) groups is 1. The van der Waals surface area contributed by atoms with E-state index in [9.17, 15) is 0 Å². The number of hydrogen-bond donors (Lipinski definition) is 2. The lowest BCUT2D eigenvalue weighted by atomic mass is 10.0. The number of aromatic nitrogens is 1. The van der Waals surface area contributed by atoms with Crippen LogP contribution in [0, 0.1) is 12.8 Å². The van der Waals surface area contributed by atoms with E-state index in [1.807, 2.05) is 12.1 Å². The van der Waals surface area contributed by atoms with Crippen LogP contribution in [0.25, 0.3) is 11.5 Å². The number of aryl methyl sites for hydroxylation is 1. The van der Waals surface area contributed by atoms with Crippen molar-refractivity contribution >= 4 is 5.96 Å². The molecule has 0 bridgehead atoms. The van der Waals surface area contributed by atoms with Crippen LogP contribution in [0.15, 0.2) is 39.9 Å². The Morgan fingerprint density at radius 2 is 1.93 bits per heavy atom. The highest BCUT2D eigenvalue weighted by Crippen LogP contribution is 2.19. The second-order valence-electron chi connectivity index (χ2n) is 7.67. The van der Waals surface area contributed by atoms with E-state index >= 15 is 0 Å². The summed E-state index contributed by atoms with van der Waals surface area (Å²) < 4.78 is 16.8. The number of benzene rings is 1. The van der Waals surface area contributed by atoms with Gasteiger partial charge >= 0.3 is 0 Å². The Balaban J connectivity index is 1.28. The summed E-state index contributed by atoms with van der Waals surface area (Å²) in [6.45, 7) is 6.99. The first-order chi connectivity index (χ1) is 14.7. The summed E-state index contributed by atoms with van der Waals surface area (Å²) in [6, 6.07) is 8.18. The molecule has 3 rings (SSSR count). The molecule has 164 valence electrons. The Hall–Kier alpha value is -2.38. The Kier molecular flexibility index (Phi) is 9.18. The van der Waals surface area contributed by atoms with Crippen molar-refractivity contribution in [1.82, 2.24) is 15.6 Å². The molecule has 1 aliphatic heterocycles. The minimum Gasteiger partial charge on any atom is -0.444 e. The van der Waals surface area contributed by atoms with Gasteiger partial charge in [0.2, 0.25) is 5.89 Å². The zero-order chi connectivity index (χ0) is 21.0. The molecule has 1 aliphatic rings. The van der Waals surface area contributed by atoms with Crippen molar-refractivity contribution in [3.63, 3.8) is 0 Å². The van der Waals surface area contributed by atoms with E-state index in [1.54, 1.807) is 13.3 Å². The van der Waals surface area contributed by atoms with Crippen molar-refractivity contribution in [2.75, 3.05) is 46.6 Å². The topological polar surface area (TPSA) is 80.9 Å². The monoisotopic (exact) mass is 414 g/mol. The van der Waals surface area contributed by atoms with Gasteiger partial charge in [-0.15, -0.1) is 0 Å². The quantitative estimate of drug-likeness (QED) is 0.353. The molecule has 1 aromatic carbocycles. The summed E-state index contributed by atoms with van der Waals surface area (Å²) >= 11 is 0. The maximum Gasteiger partial charge on any atom is 0.226 e. The molecular weight excluding hydrogens is 380 g/mol. The number of nitrogens with zero attached hydrogens (tertiary/aromatic N) is 2. The SMILES string of the molecule is CN=C(NCCCOCC1CCOCC1)NCCc1coc(-c2ccc(C)cc2)n1. The van der Waals surface area contributed by atoms with Gasteiger partial charge in [0, 0.05) is 58.5 Å².